The summed E-state index contributed by atoms with van der Waals surface area (Å²) in [5.41, 5.74) is 0.479. The second kappa shape index (κ2) is 5.16. The maximum absolute atomic E-state index is 13.4. The fourth-order valence-electron chi connectivity index (χ4n) is 1.90. The molecule has 1 aromatic carbocycles. The van der Waals surface area contributed by atoms with Gasteiger partial charge in [-0.15, -0.1) is 0 Å². The number of aromatic nitrogens is 2. The van der Waals surface area contributed by atoms with Crippen LogP contribution in [-0.4, -0.2) is 21.8 Å². The molecule has 0 aliphatic carbocycles. The highest BCUT2D eigenvalue weighted by molar-refractivity contribution is 5.68. The van der Waals surface area contributed by atoms with Gasteiger partial charge in [-0.3, -0.25) is 10.1 Å². The second-order valence-corrected chi connectivity index (χ2v) is 4.17. The van der Waals surface area contributed by atoms with E-state index in [2.05, 4.69) is 10.4 Å². The van der Waals surface area contributed by atoms with E-state index < -0.39 is 10.7 Å². The molecule has 8 heteroatoms. The normalized spacial score (nSPS) is 10.4. The standard InChI is InChI=1S/C12H13FN4O3/c1-7-11(17(18)19)12(16(2)15-7)14-9-4-8(13)5-10(6-9)20-3/h4-6,14H,1-3H3. The smallest absolute Gasteiger partial charge is 0.334 e. The Morgan fingerprint density at radius 1 is 1.45 bits per heavy atom. The third-order valence-electron chi connectivity index (χ3n) is 2.74. The van der Waals surface area contributed by atoms with Crippen LogP contribution in [0.4, 0.5) is 21.6 Å². The highest BCUT2D eigenvalue weighted by atomic mass is 19.1. The molecular formula is C12H13FN4O3. The first-order valence-electron chi connectivity index (χ1n) is 5.72. The Labute approximate surface area is 114 Å². The molecule has 0 aliphatic heterocycles. The van der Waals surface area contributed by atoms with Crippen LogP contribution < -0.4 is 10.1 Å². The highest BCUT2D eigenvalue weighted by Crippen LogP contribution is 2.31. The molecule has 0 unspecified atom stereocenters. The number of nitrogens with zero attached hydrogens (tertiary/aromatic N) is 3. The molecule has 0 atom stereocenters. The summed E-state index contributed by atoms with van der Waals surface area (Å²) in [6.07, 6.45) is 0. The van der Waals surface area contributed by atoms with Gasteiger partial charge in [0, 0.05) is 24.9 Å². The van der Waals surface area contributed by atoms with Gasteiger partial charge in [0.15, 0.2) is 0 Å². The molecule has 0 fully saturated rings. The number of nitrogens with one attached hydrogen (secondary N) is 1. The third kappa shape index (κ3) is 2.53. The minimum Gasteiger partial charge on any atom is -0.497 e. The number of hydrogen-bond donors (Lipinski definition) is 1. The molecule has 0 bridgehead atoms. The molecule has 0 spiro atoms. The minimum absolute atomic E-state index is 0.143. The molecule has 0 aliphatic rings. The van der Waals surface area contributed by atoms with Crippen LogP contribution in [0.15, 0.2) is 18.2 Å². The summed E-state index contributed by atoms with van der Waals surface area (Å²) < 4.78 is 19.7. The Kier molecular flexibility index (Phi) is 3.55. The number of halogens is 1. The highest BCUT2D eigenvalue weighted by Gasteiger charge is 2.24. The van der Waals surface area contributed by atoms with Crippen molar-refractivity contribution in [3.8, 4) is 5.75 Å². The van der Waals surface area contributed by atoms with Crippen LogP contribution in [-0.2, 0) is 7.05 Å². The second-order valence-electron chi connectivity index (χ2n) is 4.17. The first kappa shape index (κ1) is 13.8. The number of nitro groups is 1. The molecular weight excluding hydrogens is 267 g/mol. The molecule has 7 nitrogen and oxygen atoms in total. The average Bonchev–Trinajstić information content (AvgIpc) is 2.63. The molecule has 2 rings (SSSR count). The summed E-state index contributed by atoms with van der Waals surface area (Å²) in [4.78, 5) is 10.5. The predicted molar refractivity (Wildman–Crippen MR) is 70.8 cm³/mol. The van der Waals surface area contributed by atoms with Gasteiger partial charge >= 0.3 is 5.69 Å². The van der Waals surface area contributed by atoms with Crippen LogP contribution >= 0.6 is 0 Å². The van der Waals surface area contributed by atoms with E-state index in [1.165, 1.54) is 36.9 Å². The Hall–Kier alpha value is -2.64. The van der Waals surface area contributed by atoms with Gasteiger partial charge in [0.05, 0.1) is 12.0 Å². The summed E-state index contributed by atoms with van der Waals surface area (Å²) in [7, 11) is 2.98. The quantitative estimate of drug-likeness (QED) is 0.687. The van der Waals surface area contributed by atoms with Crippen molar-refractivity contribution in [2.24, 2.45) is 7.05 Å². The van der Waals surface area contributed by atoms with E-state index >= 15 is 0 Å². The van der Waals surface area contributed by atoms with Gasteiger partial charge in [0.1, 0.15) is 17.3 Å². The molecule has 106 valence electrons. The van der Waals surface area contributed by atoms with Gasteiger partial charge in [0.2, 0.25) is 5.82 Å². The third-order valence-corrected chi connectivity index (χ3v) is 2.74. The van der Waals surface area contributed by atoms with E-state index in [1.807, 2.05) is 0 Å². The van der Waals surface area contributed by atoms with Crippen LogP contribution in [0.3, 0.4) is 0 Å². The van der Waals surface area contributed by atoms with Gasteiger partial charge in [-0.2, -0.15) is 5.10 Å². The Morgan fingerprint density at radius 3 is 2.75 bits per heavy atom. The molecule has 1 N–H and O–H groups in total. The van der Waals surface area contributed by atoms with Crippen molar-refractivity contribution in [1.29, 1.82) is 0 Å². The molecule has 0 amide bonds. The number of benzene rings is 1. The lowest BCUT2D eigenvalue weighted by atomic mass is 10.3. The van der Waals surface area contributed by atoms with Gasteiger partial charge in [-0.05, 0) is 13.0 Å². The lowest BCUT2D eigenvalue weighted by Crippen LogP contribution is -2.02. The maximum Gasteiger partial charge on any atom is 0.334 e. The van der Waals surface area contributed by atoms with Crippen molar-refractivity contribution in [1.82, 2.24) is 9.78 Å². The van der Waals surface area contributed by atoms with E-state index in [9.17, 15) is 14.5 Å². The van der Waals surface area contributed by atoms with E-state index in [1.54, 1.807) is 7.05 Å². The van der Waals surface area contributed by atoms with Crippen LogP contribution in [0.25, 0.3) is 0 Å². The molecule has 20 heavy (non-hydrogen) atoms. The maximum atomic E-state index is 13.4. The zero-order valence-corrected chi connectivity index (χ0v) is 11.2. The zero-order chi connectivity index (χ0) is 14.9. The Bertz CT molecular complexity index is 669. The SMILES string of the molecule is COc1cc(F)cc(Nc2c([N+](=O)[O-])c(C)nn2C)c1. The largest absolute Gasteiger partial charge is 0.497 e. The summed E-state index contributed by atoms with van der Waals surface area (Å²) in [5, 5.41) is 17.8. The minimum atomic E-state index is -0.527. The van der Waals surface area contributed by atoms with Crippen molar-refractivity contribution in [3.63, 3.8) is 0 Å². The average molecular weight is 280 g/mol. The van der Waals surface area contributed by atoms with Crippen LogP contribution in [0.5, 0.6) is 5.75 Å². The van der Waals surface area contributed by atoms with Crippen LogP contribution in [0, 0.1) is 22.9 Å². The number of aryl methyl sites for hydroxylation is 2. The summed E-state index contributed by atoms with van der Waals surface area (Å²) in [6, 6.07) is 3.97. The van der Waals surface area contributed by atoms with E-state index in [4.69, 9.17) is 4.74 Å². The van der Waals surface area contributed by atoms with Crippen molar-refractivity contribution >= 4 is 17.2 Å². The van der Waals surface area contributed by atoms with Gasteiger partial charge in [-0.1, -0.05) is 0 Å². The van der Waals surface area contributed by atoms with Crippen LogP contribution in [0.2, 0.25) is 0 Å². The van der Waals surface area contributed by atoms with Gasteiger partial charge in [0.25, 0.3) is 0 Å². The van der Waals surface area contributed by atoms with Crippen molar-refractivity contribution < 1.29 is 14.1 Å². The summed E-state index contributed by atoms with van der Waals surface area (Å²) >= 11 is 0. The van der Waals surface area contributed by atoms with Crippen LogP contribution in [0.1, 0.15) is 5.69 Å². The number of rotatable bonds is 4. The molecule has 0 saturated heterocycles. The first-order valence-corrected chi connectivity index (χ1v) is 5.72. The molecule has 0 radical (unpaired) electrons. The van der Waals surface area contributed by atoms with Gasteiger partial charge in [-0.25, -0.2) is 9.07 Å². The molecule has 0 saturated carbocycles. The molecule has 1 heterocycles. The fourth-order valence-corrected chi connectivity index (χ4v) is 1.90. The monoisotopic (exact) mass is 280 g/mol. The Balaban J connectivity index is 2.44. The topological polar surface area (TPSA) is 82.2 Å². The number of anilines is 2. The van der Waals surface area contributed by atoms with Crippen molar-refractivity contribution in [2.45, 2.75) is 6.92 Å². The lowest BCUT2D eigenvalue weighted by molar-refractivity contribution is -0.384. The predicted octanol–water partition coefficient (Wildman–Crippen LogP) is 2.53. The van der Waals surface area contributed by atoms with E-state index in [0.29, 0.717) is 11.4 Å². The summed E-state index contributed by atoms with van der Waals surface area (Å²) in [5.74, 6) is -0.0115. The van der Waals surface area contributed by atoms with Gasteiger partial charge < -0.3 is 10.1 Å². The molecule has 2 aromatic rings. The number of hydrogen-bond acceptors (Lipinski definition) is 5. The fraction of sp³-hybridized carbons (Fsp3) is 0.250. The lowest BCUT2D eigenvalue weighted by Gasteiger charge is -2.08. The summed E-state index contributed by atoms with van der Waals surface area (Å²) in [6.45, 7) is 1.54. The molecule has 1 aromatic heterocycles. The van der Waals surface area contributed by atoms with Crippen molar-refractivity contribution in [2.75, 3.05) is 12.4 Å². The van der Waals surface area contributed by atoms with E-state index in [-0.39, 0.29) is 17.2 Å². The number of methoxy groups -OCH3 is 1. The first-order chi connectivity index (χ1) is 9.42. The van der Waals surface area contributed by atoms with Crippen molar-refractivity contribution in [3.05, 3.63) is 39.8 Å². The Morgan fingerprint density at radius 2 is 2.15 bits per heavy atom. The zero-order valence-electron chi connectivity index (χ0n) is 11.2. The van der Waals surface area contributed by atoms with E-state index in [0.717, 1.165) is 0 Å². The number of ether oxygens (including phenoxy) is 1.